The lowest BCUT2D eigenvalue weighted by Crippen LogP contribution is -2.47. The summed E-state index contributed by atoms with van der Waals surface area (Å²) < 4.78 is 26.6. The van der Waals surface area contributed by atoms with E-state index in [-0.39, 0.29) is 29.8 Å². The normalized spacial score (nSPS) is 17.2. The maximum atomic E-state index is 13.3. The van der Waals surface area contributed by atoms with Gasteiger partial charge >= 0.3 is 0 Å². The maximum Gasteiger partial charge on any atom is 0.258 e. The maximum absolute atomic E-state index is 13.3. The number of hydrogen-bond acceptors (Lipinski definition) is 2. The quantitative estimate of drug-likeness (QED) is 0.866. The molecule has 0 amide bonds. The molecule has 0 aliphatic carbocycles. The van der Waals surface area contributed by atoms with Crippen molar-refractivity contribution in [3.05, 3.63) is 33.8 Å². The van der Waals surface area contributed by atoms with Gasteiger partial charge in [-0.2, -0.15) is 0 Å². The molecule has 2 nitrogen and oxygen atoms in total. The van der Waals surface area contributed by atoms with Crippen LogP contribution in [0.25, 0.3) is 0 Å². The van der Waals surface area contributed by atoms with E-state index in [4.69, 9.17) is 23.2 Å². The largest absolute Gasteiger partial charge is 0.314 e. The molecule has 0 bridgehead atoms. The molecule has 8 heteroatoms. The van der Waals surface area contributed by atoms with E-state index in [1.807, 2.05) is 0 Å². The van der Waals surface area contributed by atoms with E-state index in [0.717, 1.165) is 0 Å². The molecule has 116 valence electrons. The molecule has 0 spiro atoms. The van der Waals surface area contributed by atoms with Crippen molar-refractivity contribution in [1.29, 1.82) is 0 Å². The van der Waals surface area contributed by atoms with E-state index in [1.54, 1.807) is 23.1 Å². The first-order valence-corrected chi connectivity index (χ1v) is 6.53. The van der Waals surface area contributed by atoms with Gasteiger partial charge in [0.1, 0.15) is 0 Å². The highest BCUT2D eigenvalue weighted by Gasteiger charge is 2.31. The summed E-state index contributed by atoms with van der Waals surface area (Å²) in [6.45, 7) is 2.58. The molecule has 20 heavy (non-hydrogen) atoms. The van der Waals surface area contributed by atoms with Crippen LogP contribution in [-0.2, 0) is 0 Å². The predicted molar refractivity (Wildman–Crippen MR) is 84.1 cm³/mol. The molecule has 1 atom stereocenters. The minimum absolute atomic E-state index is 0. The second-order valence-corrected chi connectivity index (χ2v) is 4.99. The number of nitrogens with one attached hydrogen (secondary N) is 1. The summed E-state index contributed by atoms with van der Waals surface area (Å²) in [6.07, 6.45) is -2.49. The van der Waals surface area contributed by atoms with Crippen LogP contribution in [0.4, 0.5) is 8.78 Å². The average Bonchev–Trinajstić information content (AvgIpc) is 2.36. The second-order valence-electron chi connectivity index (χ2n) is 4.21. The van der Waals surface area contributed by atoms with Crippen LogP contribution in [0.5, 0.6) is 0 Å². The van der Waals surface area contributed by atoms with Crippen molar-refractivity contribution in [2.24, 2.45) is 0 Å². The van der Waals surface area contributed by atoms with Gasteiger partial charge in [0.05, 0.1) is 16.1 Å². The van der Waals surface area contributed by atoms with E-state index in [2.05, 4.69) is 5.32 Å². The van der Waals surface area contributed by atoms with E-state index < -0.39 is 12.5 Å². The van der Waals surface area contributed by atoms with Crippen molar-refractivity contribution in [2.75, 3.05) is 26.2 Å². The molecule has 1 aromatic carbocycles. The van der Waals surface area contributed by atoms with Crippen molar-refractivity contribution < 1.29 is 8.78 Å². The van der Waals surface area contributed by atoms with Gasteiger partial charge in [0, 0.05) is 26.2 Å². The summed E-state index contributed by atoms with van der Waals surface area (Å²) >= 11 is 11.9. The van der Waals surface area contributed by atoms with Crippen molar-refractivity contribution >= 4 is 48.0 Å². The predicted octanol–water partition coefficient (Wildman–Crippen LogP) is 4.05. The minimum atomic E-state index is -2.49. The molecule has 0 aromatic heterocycles. The molecule has 1 saturated heterocycles. The standard InChI is InChI=1S/C12H14Cl2F2N2.2ClH/c13-9-3-1-2-8(10(9)14)11(12(15)16)18-6-4-17-5-7-18;;/h1-3,11-12,17H,4-7H2;2*1H/t11-;;/m1../s1. The van der Waals surface area contributed by atoms with E-state index in [1.165, 1.54) is 0 Å². The van der Waals surface area contributed by atoms with Crippen LogP contribution in [0.2, 0.25) is 10.0 Å². The highest BCUT2D eigenvalue weighted by molar-refractivity contribution is 6.42. The Morgan fingerprint density at radius 2 is 1.70 bits per heavy atom. The molecule has 1 aromatic rings. The van der Waals surface area contributed by atoms with Gasteiger partial charge in [-0.05, 0) is 11.6 Å². The molecule has 0 saturated carbocycles. The third-order valence-electron chi connectivity index (χ3n) is 3.08. The number of halogens is 6. The van der Waals surface area contributed by atoms with Crippen LogP contribution >= 0.6 is 48.0 Å². The molecule has 1 aliphatic heterocycles. The van der Waals surface area contributed by atoms with Gasteiger partial charge in [-0.15, -0.1) is 24.8 Å². The number of benzene rings is 1. The van der Waals surface area contributed by atoms with Crippen LogP contribution < -0.4 is 5.32 Å². The van der Waals surface area contributed by atoms with Gasteiger partial charge in [0.15, 0.2) is 0 Å². The summed E-state index contributed by atoms with van der Waals surface area (Å²) in [5.74, 6) is 0. The molecule has 1 N–H and O–H groups in total. The van der Waals surface area contributed by atoms with Gasteiger partial charge in [-0.25, -0.2) is 8.78 Å². The van der Waals surface area contributed by atoms with Crippen molar-refractivity contribution in [1.82, 2.24) is 10.2 Å². The lowest BCUT2D eigenvalue weighted by molar-refractivity contribution is 0.0182. The SMILES string of the molecule is Cl.Cl.FC(F)[C@@H](c1cccc(Cl)c1Cl)N1CCNCC1. The van der Waals surface area contributed by atoms with Gasteiger partial charge in [0.2, 0.25) is 0 Å². The number of rotatable bonds is 3. The number of nitrogens with zero attached hydrogens (tertiary/aromatic N) is 1. The van der Waals surface area contributed by atoms with Crippen LogP contribution in [0, 0.1) is 0 Å². The van der Waals surface area contributed by atoms with Crippen molar-refractivity contribution in [3.8, 4) is 0 Å². The Kier molecular flexibility index (Phi) is 9.31. The highest BCUT2D eigenvalue weighted by Crippen LogP contribution is 2.36. The zero-order valence-corrected chi connectivity index (χ0v) is 13.6. The number of alkyl halides is 2. The molecule has 1 fully saturated rings. The van der Waals surface area contributed by atoms with Crippen molar-refractivity contribution in [3.63, 3.8) is 0 Å². The van der Waals surface area contributed by atoms with Crippen molar-refractivity contribution in [2.45, 2.75) is 12.5 Å². The molecular weight excluding hydrogens is 352 g/mol. The third-order valence-corrected chi connectivity index (χ3v) is 3.92. The second kappa shape index (κ2) is 9.23. The Hall–Kier alpha value is 0.160. The first kappa shape index (κ1) is 20.2. The molecule has 2 rings (SSSR count). The summed E-state index contributed by atoms with van der Waals surface area (Å²) in [5.41, 5.74) is 0.404. The molecule has 1 aliphatic rings. The summed E-state index contributed by atoms with van der Waals surface area (Å²) in [6, 6.07) is 3.89. The fraction of sp³-hybridized carbons (Fsp3) is 0.500. The Labute approximate surface area is 139 Å². The molecule has 0 unspecified atom stereocenters. The lowest BCUT2D eigenvalue weighted by atomic mass is 10.0. The zero-order valence-electron chi connectivity index (χ0n) is 10.5. The Bertz CT molecular complexity index is 414. The van der Waals surface area contributed by atoms with E-state index >= 15 is 0 Å². The van der Waals surface area contributed by atoms with Gasteiger partial charge < -0.3 is 5.32 Å². The fourth-order valence-electron chi connectivity index (χ4n) is 2.20. The Morgan fingerprint density at radius 3 is 2.25 bits per heavy atom. The monoisotopic (exact) mass is 366 g/mol. The van der Waals surface area contributed by atoms with Crippen LogP contribution in [0.15, 0.2) is 18.2 Å². The highest BCUT2D eigenvalue weighted by atomic mass is 35.5. The van der Waals surface area contributed by atoms with Crippen LogP contribution in [0.1, 0.15) is 11.6 Å². The Morgan fingerprint density at radius 1 is 1.10 bits per heavy atom. The third kappa shape index (κ3) is 4.58. The first-order valence-electron chi connectivity index (χ1n) is 5.78. The smallest absolute Gasteiger partial charge is 0.258 e. The molecule has 1 heterocycles. The summed E-state index contributed by atoms with van der Waals surface area (Å²) in [5, 5.41) is 3.68. The van der Waals surface area contributed by atoms with Gasteiger partial charge in [-0.3, -0.25) is 4.90 Å². The van der Waals surface area contributed by atoms with E-state index in [9.17, 15) is 8.78 Å². The number of piperazine rings is 1. The lowest BCUT2D eigenvalue weighted by Gasteiger charge is -2.35. The zero-order chi connectivity index (χ0) is 13.1. The summed E-state index contributed by atoms with van der Waals surface area (Å²) in [4.78, 5) is 1.75. The molecular formula is C12H16Cl4F2N2. The van der Waals surface area contributed by atoms with Crippen LogP contribution in [0.3, 0.4) is 0 Å². The fourth-order valence-corrected chi connectivity index (χ4v) is 2.62. The molecule has 0 radical (unpaired) electrons. The topological polar surface area (TPSA) is 15.3 Å². The van der Waals surface area contributed by atoms with Gasteiger partial charge in [-0.1, -0.05) is 35.3 Å². The van der Waals surface area contributed by atoms with Gasteiger partial charge in [0.25, 0.3) is 6.43 Å². The average molecular weight is 368 g/mol. The van der Waals surface area contributed by atoms with Crippen LogP contribution in [-0.4, -0.2) is 37.5 Å². The van der Waals surface area contributed by atoms with E-state index in [0.29, 0.717) is 36.8 Å². The summed E-state index contributed by atoms with van der Waals surface area (Å²) in [7, 11) is 0. The first-order chi connectivity index (χ1) is 8.61. The number of hydrogen-bond donors (Lipinski definition) is 1. The Balaban J connectivity index is 0.00000180. The minimum Gasteiger partial charge on any atom is -0.314 e.